The van der Waals surface area contributed by atoms with Crippen LogP contribution >= 0.6 is 0 Å². The first-order valence-electron chi connectivity index (χ1n) is 7.52. The molecule has 1 heterocycles. The van der Waals surface area contributed by atoms with E-state index in [0.29, 0.717) is 0 Å². The molecule has 13 heteroatoms. The number of nitrogens with two attached hydrogens (primary N) is 3. The number of rotatable bonds is 8. The molecule has 0 fully saturated rings. The third-order valence-corrected chi connectivity index (χ3v) is 2.69. The van der Waals surface area contributed by atoms with E-state index < -0.39 is 42.0 Å². The molecule has 0 unspecified atom stereocenters. The number of aliphatic carboxylic acids is 4. The van der Waals surface area contributed by atoms with E-state index in [9.17, 15) is 19.2 Å². The van der Waals surface area contributed by atoms with Gasteiger partial charge in [0.1, 0.15) is 18.1 Å². The number of carbonyl (C=O) groups is 4. The number of hydrogen-bond donors (Lipinski definition) is 8. The Kier molecular flexibility index (Phi) is 13.8. The van der Waals surface area contributed by atoms with E-state index in [2.05, 4.69) is 9.97 Å². The van der Waals surface area contributed by atoms with E-state index in [4.69, 9.17) is 37.6 Å². The largest absolute Gasteiger partial charge is 0.481 e. The van der Waals surface area contributed by atoms with E-state index in [0.717, 1.165) is 5.69 Å². The van der Waals surface area contributed by atoms with Crippen LogP contribution in [-0.4, -0.2) is 72.4 Å². The van der Waals surface area contributed by atoms with Gasteiger partial charge in [-0.1, -0.05) is 0 Å². The fraction of sp³-hybridized carbons (Fsp3) is 0.500. The third-order valence-electron chi connectivity index (χ3n) is 2.69. The molecule has 0 radical (unpaired) electrons. The van der Waals surface area contributed by atoms with Gasteiger partial charge in [-0.3, -0.25) is 19.2 Å². The molecule has 0 saturated heterocycles. The minimum Gasteiger partial charge on any atom is -0.481 e. The summed E-state index contributed by atoms with van der Waals surface area (Å²) in [4.78, 5) is 46.2. The Morgan fingerprint density at radius 2 is 1.48 bits per heavy atom. The zero-order chi connectivity index (χ0) is 21.6. The first kappa shape index (κ1) is 26.2. The summed E-state index contributed by atoms with van der Waals surface area (Å²) >= 11 is 0. The van der Waals surface area contributed by atoms with Gasteiger partial charge in [0.25, 0.3) is 0 Å². The summed E-state index contributed by atoms with van der Waals surface area (Å²) in [5, 5.41) is 32.6. The predicted octanol–water partition coefficient (Wildman–Crippen LogP) is -1.95. The number of carboxylic acid groups (broad SMARTS) is 4. The van der Waals surface area contributed by atoms with Crippen LogP contribution in [0.2, 0.25) is 0 Å². The Labute approximate surface area is 154 Å². The predicted molar refractivity (Wildman–Crippen MR) is 91.7 cm³/mol. The van der Waals surface area contributed by atoms with Crippen LogP contribution in [0.25, 0.3) is 0 Å². The van der Waals surface area contributed by atoms with Crippen LogP contribution in [0.4, 0.5) is 0 Å². The van der Waals surface area contributed by atoms with Crippen molar-refractivity contribution < 1.29 is 39.6 Å². The van der Waals surface area contributed by atoms with Gasteiger partial charge in [0.15, 0.2) is 0 Å². The molecule has 27 heavy (non-hydrogen) atoms. The molecule has 13 nitrogen and oxygen atoms in total. The molecule has 1 aromatic heterocycles. The van der Waals surface area contributed by atoms with Gasteiger partial charge in [-0.05, 0) is 13.3 Å². The maximum atomic E-state index is 10.3. The fourth-order valence-corrected chi connectivity index (χ4v) is 1.12. The standard InChI is InChI=1S/C6H9N3O2.C5H9NO4.C3H7NO2/c7-5(6(10)11)1-4-2-8-3-9-4;6-3(5(9)10)1-2-4(7)8;1-2(4)3(5)6/h2-3,5H,1,7H2,(H,8,9)(H,10,11);3H,1-2,6H2,(H,7,8)(H,9,10);2H,4H2,1H3,(H,5,6)/t5-;3-;2-/m000/s1. The second-order valence-corrected chi connectivity index (χ2v) is 5.23. The molecule has 0 aliphatic rings. The van der Waals surface area contributed by atoms with Gasteiger partial charge in [0, 0.05) is 24.7 Å². The molecular weight excluding hydrogens is 366 g/mol. The Hall–Kier alpha value is -3.03. The highest BCUT2D eigenvalue weighted by atomic mass is 16.4. The zero-order valence-corrected chi connectivity index (χ0v) is 14.6. The number of aromatic nitrogens is 2. The van der Waals surface area contributed by atoms with Crippen LogP contribution in [0.3, 0.4) is 0 Å². The maximum Gasteiger partial charge on any atom is 0.320 e. The number of H-pyrrole nitrogens is 1. The molecule has 154 valence electrons. The van der Waals surface area contributed by atoms with Crippen molar-refractivity contribution in [3.8, 4) is 0 Å². The summed E-state index contributed by atoms with van der Waals surface area (Å²) in [7, 11) is 0. The molecule has 3 atom stereocenters. The summed E-state index contributed by atoms with van der Waals surface area (Å²) in [5.41, 5.74) is 15.8. The lowest BCUT2D eigenvalue weighted by Crippen LogP contribution is -2.32. The fourth-order valence-electron chi connectivity index (χ4n) is 1.12. The monoisotopic (exact) mass is 391 g/mol. The molecule has 0 bridgehead atoms. The molecule has 0 spiro atoms. The number of nitrogens with zero attached hydrogens (tertiary/aromatic N) is 1. The molecule has 11 N–H and O–H groups in total. The Bertz CT molecular complexity index is 590. The smallest absolute Gasteiger partial charge is 0.320 e. The summed E-state index contributed by atoms with van der Waals surface area (Å²) in [6.07, 6.45) is 3.11. The van der Waals surface area contributed by atoms with Crippen molar-refractivity contribution in [3.05, 3.63) is 18.2 Å². The van der Waals surface area contributed by atoms with Crippen molar-refractivity contribution in [3.63, 3.8) is 0 Å². The van der Waals surface area contributed by atoms with Crippen LogP contribution in [0.1, 0.15) is 25.5 Å². The summed E-state index contributed by atoms with van der Waals surface area (Å²) in [5.74, 6) is -4.16. The Balaban J connectivity index is 0. The van der Waals surface area contributed by atoms with Gasteiger partial charge in [-0.2, -0.15) is 0 Å². The SMILES string of the molecule is C[C@H](N)C(=O)O.N[C@@H](CCC(=O)O)C(=O)O.N[C@@H](Cc1cnc[nH]1)C(=O)O. The van der Waals surface area contributed by atoms with Gasteiger partial charge in [0.05, 0.1) is 6.33 Å². The molecule has 0 aromatic carbocycles. The quantitative estimate of drug-likeness (QED) is 0.240. The normalized spacial score (nSPS) is 12.9. The molecular formula is C14H25N5O8. The average Bonchev–Trinajstić information content (AvgIpc) is 3.06. The van der Waals surface area contributed by atoms with Crippen molar-refractivity contribution in [1.29, 1.82) is 0 Å². The van der Waals surface area contributed by atoms with Gasteiger partial charge in [-0.15, -0.1) is 0 Å². The van der Waals surface area contributed by atoms with E-state index >= 15 is 0 Å². The minimum absolute atomic E-state index is 0.0231. The zero-order valence-electron chi connectivity index (χ0n) is 14.6. The van der Waals surface area contributed by atoms with E-state index in [1.165, 1.54) is 13.3 Å². The van der Waals surface area contributed by atoms with E-state index in [1.54, 1.807) is 6.20 Å². The first-order valence-corrected chi connectivity index (χ1v) is 7.52. The highest BCUT2D eigenvalue weighted by Gasteiger charge is 2.12. The summed E-state index contributed by atoms with van der Waals surface area (Å²) in [6, 6.07) is -2.64. The average molecular weight is 391 g/mol. The molecule has 0 amide bonds. The van der Waals surface area contributed by atoms with Crippen LogP contribution in [0.5, 0.6) is 0 Å². The summed E-state index contributed by atoms with van der Waals surface area (Å²) in [6.45, 7) is 1.42. The molecule has 0 saturated carbocycles. The third kappa shape index (κ3) is 16.2. The van der Waals surface area contributed by atoms with Gasteiger partial charge >= 0.3 is 23.9 Å². The number of nitrogens with one attached hydrogen (secondary N) is 1. The molecule has 0 aliphatic carbocycles. The van der Waals surface area contributed by atoms with Crippen molar-refractivity contribution >= 4 is 23.9 Å². The van der Waals surface area contributed by atoms with E-state index in [1.807, 2.05) is 0 Å². The van der Waals surface area contributed by atoms with Crippen molar-refractivity contribution in [2.45, 2.75) is 44.3 Å². The number of hydrogen-bond acceptors (Lipinski definition) is 8. The van der Waals surface area contributed by atoms with Gasteiger partial charge in [-0.25, -0.2) is 4.98 Å². The lowest BCUT2D eigenvalue weighted by molar-refractivity contribution is -0.140. The highest BCUT2D eigenvalue weighted by molar-refractivity contribution is 5.74. The second-order valence-electron chi connectivity index (χ2n) is 5.23. The van der Waals surface area contributed by atoms with Crippen LogP contribution in [0, 0.1) is 0 Å². The number of imidazole rings is 1. The minimum atomic E-state index is -1.17. The molecule has 1 aromatic rings. The maximum absolute atomic E-state index is 10.3. The molecule has 0 aliphatic heterocycles. The van der Waals surface area contributed by atoms with Crippen molar-refractivity contribution in [2.24, 2.45) is 17.2 Å². The number of carboxylic acids is 4. The van der Waals surface area contributed by atoms with Crippen LogP contribution in [-0.2, 0) is 25.6 Å². The topological polar surface area (TPSA) is 256 Å². The first-order chi connectivity index (χ1) is 12.4. The molecule has 1 rings (SSSR count). The lowest BCUT2D eigenvalue weighted by Gasteiger charge is -2.02. The van der Waals surface area contributed by atoms with Crippen molar-refractivity contribution in [2.75, 3.05) is 0 Å². The lowest BCUT2D eigenvalue weighted by atomic mass is 10.2. The Morgan fingerprint density at radius 3 is 1.78 bits per heavy atom. The second kappa shape index (κ2) is 14.2. The highest BCUT2D eigenvalue weighted by Crippen LogP contribution is 1.95. The van der Waals surface area contributed by atoms with Crippen molar-refractivity contribution in [1.82, 2.24) is 9.97 Å². The van der Waals surface area contributed by atoms with Gasteiger partial charge < -0.3 is 42.6 Å². The van der Waals surface area contributed by atoms with Gasteiger partial charge in [0.2, 0.25) is 0 Å². The summed E-state index contributed by atoms with van der Waals surface area (Å²) < 4.78 is 0. The van der Waals surface area contributed by atoms with Crippen LogP contribution in [0.15, 0.2) is 12.5 Å². The van der Waals surface area contributed by atoms with E-state index in [-0.39, 0.29) is 19.3 Å². The Morgan fingerprint density at radius 1 is 1.00 bits per heavy atom. The van der Waals surface area contributed by atoms with Crippen LogP contribution < -0.4 is 17.2 Å². The number of aromatic amines is 1.